The van der Waals surface area contributed by atoms with Gasteiger partial charge in [-0.15, -0.1) is 10.2 Å². The summed E-state index contributed by atoms with van der Waals surface area (Å²) in [4.78, 5) is 4.40. The molecule has 1 N–H and O–H groups in total. The molecule has 7 nitrogen and oxygen atoms in total. The number of nitrogens with one attached hydrogen (secondary N) is 1. The van der Waals surface area contributed by atoms with Crippen LogP contribution in [0.3, 0.4) is 0 Å². The maximum Gasteiger partial charge on any atom is 0.161 e. The van der Waals surface area contributed by atoms with E-state index in [0.717, 1.165) is 47.1 Å². The van der Waals surface area contributed by atoms with Crippen LogP contribution in [-0.2, 0) is 13.5 Å². The van der Waals surface area contributed by atoms with Gasteiger partial charge in [0.2, 0.25) is 0 Å². The Morgan fingerprint density at radius 2 is 1.93 bits per heavy atom. The van der Waals surface area contributed by atoms with Gasteiger partial charge in [-0.2, -0.15) is 5.10 Å². The van der Waals surface area contributed by atoms with Crippen molar-refractivity contribution in [3.63, 3.8) is 0 Å². The monoisotopic (exact) mass is 361 g/mol. The molecule has 0 amide bonds. The Bertz CT molecular complexity index is 1060. The fourth-order valence-electron chi connectivity index (χ4n) is 3.02. The summed E-state index contributed by atoms with van der Waals surface area (Å²) in [5.41, 5.74) is 3.02. The van der Waals surface area contributed by atoms with Crippen LogP contribution in [0.1, 0.15) is 26.1 Å². The van der Waals surface area contributed by atoms with E-state index in [-0.39, 0.29) is 0 Å². The van der Waals surface area contributed by atoms with Gasteiger partial charge in [0, 0.05) is 31.9 Å². The zero-order chi connectivity index (χ0) is 18.8. The van der Waals surface area contributed by atoms with Crippen LogP contribution in [0.2, 0.25) is 0 Å². The van der Waals surface area contributed by atoms with Crippen molar-refractivity contribution in [2.24, 2.45) is 13.0 Å². The van der Waals surface area contributed by atoms with Crippen molar-refractivity contribution < 1.29 is 0 Å². The lowest BCUT2D eigenvalue weighted by Gasteiger charge is -2.09. The van der Waals surface area contributed by atoms with Gasteiger partial charge in [-0.25, -0.2) is 4.98 Å². The first-order valence-corrected chi connectivity index (χ1v) is 9.19. The third kappa shape index (κ3) is 3.53. The van der Waals surface area contributed by atoms with Crippen LogP contribution < -0.4 is 5.32 Å². The molecule has 7 heteroatoms. The number of aromatic nitrogens is 6. The summed E-state index contributed by atoms with van der Waals surface area (Å²) >= 11 is 0. The van der Waals surface area contributed by atoms with Crippen LogP contribution in [0.15, 0.2) is 48.9 Å². The van der Waals surface area contributed by atoms with Crippen molar-refractivity contribution in [2.75, 3.05) is 5.32 Å². The fourth-order valence-corrected chi connectivity index (χ4v) is 3.02. The summed E-state index contributed by atoms with van der Waals surface area (Å²) in [7, 11) is 1.89. The zero-order valence-electron chi connectivity index (χ0n) is 15.8. The maximum atomic E-state index is 4.40. The number of hydrogen-bond acceptors (Lipinski definition) is 5. The summed E-state index contributed by atoms with van der Waals surface area (Å²) in [5, 5.41) is 16.2. The molecule has 0 saturated carbocycles. The van der Waals surface area contributed by atoms with Gasteiger partial charge in [-0.05, 0) is 41.3 Å². The molecule has 0 spiro atoms. The lowest BCUT2D eigenvalue weighted by atomic mass is 10.1. The highest BCUT2D eigenvalue weighted by Crippen LogP contribution is 2.24. The predicted molar refractivity (Wildman–Crippen MR) is 106 cm³/mol. The van der Waals surface area contributed by atoms with E-state index in [1.807, 2.05) is 25.2 Å². The minimum atomic E-state index is 0.595. The molecule has 0 aliphatic heterocycles. The first-order chi connectivity index (χ1) is 13.1. The lowest BCUT2D eigenvalue weighted by Crippen LogP contribution is -2.02. The van der Waals surface area contributed by atoms with E-state index in [0.29, 0.717) is 5.92 Å². The van der Waals surface area contributed by atoms with Crippen molar-refractivity contribution >= 4 is 17.3 Å². The average Bonchev–Trinajstić information content (AvgIpc) is 3.28. The molecular weight excluding hydrogens is 338 g/mol. The van der Waals surface area contributed by atoms with Gasteiger partial charge in [-0.1, -0.05) is 20.3 Å². The zero-order valence-corrected chi connectivity index (χ0v) is 15.8. The second kappa shape index (κ2) is 7.19. The van der Waals surface area contributed by atoms with Crippen LogP contribution in [0.5, 0.6) is 0 Å². The molecule has 4 rings (SSSR count). The molecule has 0 aromatic carbocycles. The molecule has 27 heavy (non-hydrogen) atoms. The first kappa shape index (κ1) is 17.2. The molecule has 0 saturated heterocycles. The van der Waals surface area contributed by atoms with E-state index < -0.39 is 0 Å². The summed E-state index contributed by atoms with van der Waals surface area (Å²) in [6.45, 7) is 4.44. The number of rotatable bonds is 6. The maximum absolute atomic E-state index is 4.40. The Kier molecular flexibility index (Phi) is 4.58. The Morgan fingerprint density at radius 3 is 2.70 bits per heavy atom. The minimum Gasteiger partial charge on any atom is -0.325 e. The van der Waals surface area contributed by atoms with Gasteiger partial charge in [0.15, 0.2) is 5.65 Å². The van der Waals surface area contributed by atoms with Crippen molar-refractivity contribution in [3.8, 4) is 11.1 Å². The molecule has 0 fully saturated rings. The standard InChI is InChI=1S/C20H23N7/c1-4-14(2)11-19-24-25-20-13-16(7-10-27(19)20)15-5-8-21-17(12-15)23-18-6-9-22-26(18)3/h5-10,12-14H,4,11H2,1-3H3,(H,21,23). The van der Waals surface area contributed by atoms with Gasteiger partial charge >= 0.3 is 0 Å². The van der Waals surface area contributed by atoms with Gasteiger partial charge < -0.3 is 5.32 Å². The number of aryl methyl sites for hydroxylation is 1. The highest BCUT2D eigenvalue weighted by molar-refractivity contribution is 5.70. The largest absolute Gasteiger partial charge is 0.325 e. The molecule has 4 aromatic rings. The summed E-state index contributed by atoms with van der Waals surface area (Å²) in [6.07, 6.45) is 7.68. The van der Waals surface area contributed by atoms with E-state index in [4.69, 9.17) is 0 Å². The molecule has 138 valence electrons. The molecule has 0 aliphatic rings. The van der Waals surface area contributed by atoms with E-state index in [1.165, 1.54) is 0 Å². The highest BCUT2D eigenvalue weighted by atomic mass is 15.3. The van der Waals surface area contributed by atoms with Crippen molar-refractivity contribution in [1.29, 1.82) is 0 Å². The van der Waals surface area contributed by atoms with Gasteiger partial charge in [0.05, 0.1) is 6.20 Å². The van der Waals surface area contributed by atoms with E-state index in [1.54, 1.807) is 17.1 Å². The third-order valence-corrected chi connectivity index (χ3v) is 4.88. The average molecular weight is 361 g/mol. The smallest absolute Gasteiger partial charge is 0.161 e. The van der Waals surface area contributed by atoms with Gasteiger partial charge in [-0.3, -0.25) is 9.08 Å². The van der Waals surface area contributed by atoms with Gasteiger partial charge in [0.1, 0.15) is 17.5 Å². The van der Waals surface area contributed by atoms with Crippen LogP contribution in [0, 0.1) is 5.92 Å². The molecular formula is C20H23N7. The molecule has 1 unspecified atom stereocenters. The Balaban J connectivity index is 1.62. The Labute approximate surface area is 158 Å². The predicted octanol–water partition coefficient (Wildman–Crippen LogP) is 3.86. The normalized spacial score (nSPS) is 12.4. The van der Waals surface area contributed by atoms with E-state index >= 15 is 0 Å². The summed E-state index contributed by atoms with van der Waals surface area (Å²) < 4.78 is 3.85. The fraction of sp³-hybridized carbons (Fsp3) is 0.300. The second-order valence-electron chi connectivity index (χ2n) is 6.87. The quantitative estimate of drug-likeness (QED) is 0.564. The third-order valence-electron chi connectivity index (χ3n) is 4.88. The number of nitrogens with zero attached hydrogens (tertiary/aromatic N) is 6. The van der Waals surface area contributed by atoms with Crippen molar-refractivity contribution in [2.45, 2.75) is 26.7 Å². The SMILES string of the molecule is CCC(C)Cc1nnc2cc(-c3ccnc(Nc4ccnn4C)c3)ccn12. The molecule has 0 aliphatic carbocycles. The second-order valence-corrected chi connectivity index (χ2v) is 6.87. The van der Waals surface area contributed by atoms with Gasteiger partial charge in [0.25, 0.3) is 0 Å². The van der Waals surface area contributed by atoms with Crippen LogP contribution in [-0.4, -0.2) is 29.4 Å². The van der Waals surface area contributed by atoms with Crippen LogP contribution in [0.25, 0.3) is 16.8 Å². The molecule has 1 atom stereocenters. The van der Waals surface area contributed by atoms with E-state index in [9.17, 15) is 0 Å². The number of anilines is 2. The lowest BCUT2D eigenvalue weighted by molar-refractivity contribution is 0.540. The summed E-state index contributed by atoms with van der Waals surface area (Å²) in [5.74, 6) is 3.27. The number of hydrogen-bond donors (Lipinski definition) is 1. The molecule has 0 bridgehead atoms. The number of fused-ring (bicyclic) bond motifs is 1. The van der Waals surface area contributed by atoms with Crippen LogP contribution in [0.4, 0.5) is 11.6 Å². The highest BCUT2D eigenvalue weighted by Gasteiger charge is 2.10. The Morgan fingerprint density at radius 1 is 1.07 bits per heavy atom. The molecule has 0 radical (unpaired) electrons. The molecule has 4 aromatic heterocycles. The minimum absolute atomic E-state index is 0.595. The Hall–Kier alpha value is -3.22. The van der Waals surface area contributed by atoms with Crippen molar-refractivity contribution in [3.05, 3.63) is 54.7 Å². The molecule has 4 heterocycles. The topological polar surface area (TPSA) is 72.9 Å². The van der Waals surface area contributed by atoms with Crippen LogP contribution >= 0.6 is 0 Å². The number of pyridine rings is 2. The summed E-state index contributed by atoms with van der Waals surface area (Å²) in [6, 6.07) is 10.1. The van der Waals surface area contributed by atoms with Crippen molar-refractivity contribution in [1.82, 2.24) is 29.4 Å². The van der Waals surface area contributed by atoms with E-state index in [2.05, 4.69) is 62.2 Å². The first-order valence-electron chi connectivity index (χ1n) is 9.19.